The van der Waals surface area contributed by atoms with Crippen molar-refractivity contribution in [1.29, 1.82) is 0 Å². The van der Waals surface area contributed by atoms with Gasteiger partial charge in [-0.05, 0) is 38.0 Å². The number of fused-ring (bicyclic) bond motifs is 1. The lowest BCUT2D eigenvalue weighted by Crippen LogP contribution is -2.36. The Labute approximate surface area is 177 Å². The summed E-state index contributed by atoms with van der Waals surface area (Å²) in [6.45, 7) is 4.72. The molecule has 9 heteroatoms. The van der Waals surface area contributed by atoms with E-state index >= 15 is 0 Å². The van der Waals surface area contributed by atoms with Gasteiger partial charge in [0.1, 0.15) is 5.00 Å². The average molecular weight is 437 g/mol. The monoisotopic (exact) mass is 436 g/mol. The van der Waals surface area contributed by atoms with Gasteiger partial charge in [-0.2, -0.15) is 0 Å². The van der Waals surface area contributed by atoms with Crippen molar-refractivity contribution in [3.05, 3.63) is 50.9 Å². The van der Waals surface area contributed by atoms with Gasteiger partial charge in [-0.15, -0.1) is 11.3 Å². The van der Waals surface area contributed by atoms with E-state index in [1.807, 2.05) is 0 Å². The fourth-order valence-electron chi connectivity index (χ4n) is 3.10. The van der Waals surface area contributed by atoms with Gasteiger partial charge in [-0.1, -0.05) is 23.7 Å². The quantitative estimate of drug-likeness (QED) is 0.704. The Hall–Kier alpha value is -2.58. The lowest BCUT2D eigenvalue weighted by atomic mass is 10.0. The number of ether oxygens (including phenoxy) is 2. The maximum absolute atomic E-state index is 12.7. The number of rotatable bonds is 5. The van der Waals surface area contributed by atoms with Gasteiger partial charge in [0.15, 0.2) is 0 Å². The van der Waals surface area contributed by atoms with E-state index in [0.29, 0.717) is 47.3 Å². The summed E-state index contributed by atoms with van der Waals surface area (Å²) < 4.78 is 10.3. The van der Waals surface area contributed by atoms with Crippen LogP contribution in [0, 0.1) is 0 Å². The fourth-order valence-corrected chi connectivity index (χ4v) is 4.57. The third kappa shape index (κ3) is 4.54. The predicted molar refractivity (Wildman–Crippen MR) is 111 cm³/mol. The Morgan fingerprint density at radius 3 is 2.59 bits per heavy atom. The van der Waals surface area contributed by atoms with Crippen molar-refractivity contribution in [2.75, 3.05) is 25.1 Å². The van der Waals surface area contributed by atoms with Gasteiger partial charge in [0, 0.05) is 11.4 Å². The number of esters is 1. The number of hydrogen-bond acceptors (Lipinski definition) is 6. The van der Waals surface area contributed by atoms with Crippen LogP contribution in [0.4, 0.5) is 9.80 Å². The molecule has 2 heterocycles. The van der Waals surface area contributed by atoms with Crippen molar-refractivity contribution in [3.8, 4) is 0 Å². The van der Waals surface area contributed by atoms with Gasteiger partial charge >= 0.3 is 12.1 Å². The highest BCUT2D eigenvalue weighted by Gasteiger charge is 2.31. The van der Waals surface area contributed by atoms with Gasteiger partial charge in [-0.25, -0.2) is 9.59 Å². The molecule has 0 unspecified atom stereocenters. The summed E-state index contributed by atoms with van der Waals surface area (Å²) in [7, 11) is 0. The van der Waals surface area contributed by atoms with E-state index in [2.05, 4.69) is 5.32 Å². The molecule has 0 spiro atoms. The second kappa shape index (κ2) is 9.28. The Bertz CT molecular complexity index is 943. The number of carbonyl (C=O) groups excluding carboxylic acids is 3. The molecule has 0 saturated heterocycles. The molecule has 1 N–H and O–H groups in total. The van der Waals surface area contributed by atoms with Crippen LogP contribution < -0.4 is 5.32 Å². The Kier molecular flexibility index (Phi) is 6.76. The average Bonchev–Trinajstić information content (AvgIpc) is 3.05. The van der Waals surface area contributed by atoms with E-state index in [9.17, 15) is 14.4 Å². The maximum atomic E-state index is 12.7. The molecule has 2 amide bonds. The van der Waals surface area contributed by atoms with Crippen LogP contribution in [-0.2, 0) is 22.4 Å². The summed E-state index contributed by atoms with van der Waals surface area (Å²) in [5.74, 6) is -0.911. The zero-order valence-electron chi connectivity index (χ0n) is 16.1. The lowest BCUT2D eigenvalue weighted by molar-refractivity contribution is 0.0526. The molecule has 29 heavy (non-hydrogen) atoms. The lowest BCUT2D eigenvalue weighted by Gasteiger charge is -2.26. The highest BCUT2D eigenvalue weighted by Crippen LogP contribution is 2.38. The van der Waals surface area contributed by atoms with Crippen LogP contribution in [0.1, 0.15) is 45.0 Å². The first-order valence-electron chi connectivity index (χ1n) is 9.25. The molecule has 0 saturated carbocycles. The third-order valence-corrected chi connectivity index (χ3v) is 5.87. The Morgan fingerprint density at radius 1 is 1.17 bits per heavy atom. The van der Waals surface area contributed by atoms with Crippen LogP contribution in [0.2, 0.25) is 5.02 Å². The van der Waals surface area contributed by atoms with E-state index in [1.54, 1.807) is 43.0 Å². The summed E-state index contributed by atoms with van der Waals surface area (Å²) in [6.07, 6.45) is 0.0756. The van der Waals surface area contributed by atoms with Gasteiger partial charge in [0.05, 0.1) is 35.9 Å². The first-order valence-corrected chi connectivity index (χ1v) is 10.4. The van der Waals surface area contributed by atoms with E-state index in [1.165, 1.54) is 11.3 Å². The molecule has 1 aliphatic rings. The standard InChI is InChI=1S/C20H21ClN2O5S/c1-3-27-19(25)16-13-9-10-23(20(26)28-4-2)11-15(13)29-18(16)22-17(24)12-7-5-6-8-14(12)21/h5-8H,3-4,9-11H2,1-2H3,(H,22,24). The molecule has 0 fully saturated rings. The molecular formula is C20H21ClN2O5S. The molecule has 7 nitrogen and oxygen atoms in total. The number of halogens is 1. The SMILES string of the molecule is CCOC(=O)c1c(NC(=O)c2ccccc2Cl)sc2c1CCN(C(=O)OCC)C2. The van der Waals surface area contributed by atoms with Crippen molar-refractivity contribution in [2.45, 2.75) is 26.8 Å². The topological polar surface area (TPSA) is 84.9 Å². The summed E-state index contributed by atoms with van der Waals surface area (Å²) in [6, 6.07) is 6.68. The molecule has 1 aliphatic heterocycles. The number of thiophene rings is 1. The molecule has 0 aliphatic carbocycles. The maximum Gasteiger partial charge on any atom is 0.410 e. The number of nitrogens with one attached hydrogen (secondary N) is 1. The van der Waals surface area contributed by atoms with Crippen molar-refractivity contribution in [2.24, 2.45) is 0 Å². The number of benzene rings is 1. The van der Waals surface area contributed by atoms with Crippen LogP contribution >= 0.6 is 22.9 Å². The Balaban J connectivity index is 1.92. The second-order valence-corrected chi connectivity index (χ2v) is 7.75. The van der Waals surface area contributed by atoms with Crippen molar-refractivity contribution < 1.29 is 23.9 Å². The number of nitrogens with zero attached hydrogens (tertiary/aromatic N) is 1. The molecule has 0 radical (unpaired) electrons. The van der Waals surface area contributed by atoms with E-state index in [0.717, 1.165) is 10.4 Å². The van der Waals surface area contributed by atoms with Crippen LogP contribution in [0.3, 0.4) is 0 Å². The minimum atomic E-state index is -0.496. The first-order chi connectivity index (χ1) is 14.0. The molecule has 1 aromatic carbocycles. The van der Waals surface area contributed by atoms with E-state index in [-0.39, 0.29) is 6.61 Å². The van der Waals surface area contributed by atoms with E-state index < -0.39 is 18.0 Å². The van der Waals surface area contributed by atoms with Gasteiger partial charge in [0.2, 0.25) is 0 Å². The summed E-state index contributed by atoms with van der Waals surface area (Å²) in [4.78, 5) is 39.8. The Morgan fingerprint density at radius 2 is 1.90 bits per heavy atom. The minimum Gasteiger partial charge on any atom is -0.462 e. The molecular weight excluding hydrogens is 416 g/mol. The van der Waals surface area contributed by atoms with Crippen molar-refractivity contribution in [3.63, 3.8) is 0 Å². The van der Waals surface area contributed by atoms with Crippen LogP contribution in [-0.4, -0.2) is 42.6 Å². The van der Waals surface area contributed by atoms with Gasteiger partial charge < -0.3 is 19.7 Å². The van der Waals surface area contributed by atoms with Crippen molar-refractivity contribution >= 4 is 45.9 Å². The molecule has 0 atom stereocenters. The number of anilines is 1. The van der Waals surface area contributed by atoms with Crippen LogP contribution in [0.25, 0.3) is 0 Å². The number of amides is 2. The van der Waals surface area contributed by atoms with Crippen molar-refractivity contribution in [1.82, 2.24) is 4.90 Å². The molecule has 0 bridgehead atoms. The largest absolute Gasteiger partial charge is 0.462 e. The normalized spacial score (nSPS) is 12.9. The third-order valence-electron chi connectivity index (χ3n) is 4.41. The molecule has 1 aromatic heterocycles. The zero-order valence-corrected chi connectivity index (χ0v) is 17.7. The first kappa shape index (κ1) is 21.1. The molecule has 154 valence electrons. The highest BCUT2D eigenvalue weighted by molar-refractivity contribution is 7.17. The highest BCUT2D eigenvalue weighted by atomic mass is 35.5. The number of hydrogen-bond donors (Lipinski definition) is 1. The predicted octanol–water partition coefficient (Wildman–Crippen LogP) is 4.35. The summed E-state index contributed by atoms with van der Waals surface area (Å²) in [5.41, 5.74) is 1.45. The van der Waals surface area contributed by atoms with Crippen LogP contribution in [0.5, 0.6) is 0 Å². The molecule has 3 rings (SSSR count). The summed E-state index contributed by atoms with van der Waals surface area (Å²) >= 11 is 7.37. The summed E-state index contributed by atoms with van der Waals surface area (Å²) in [5, 5.41) is 3.50. The zero-order chi connectivity index (χ0) is 21.0. The van der Waals surface area contributed by atoms with Gasteiger partial charge in [-0.3, -0.25) is 4.79 Å². The van der Waals surface area contributed by atoms with Crippen LogP contribution in [0.15, 0.2) is 24.3 Å². The number of carbonyl (C=O) groups is 3. The molecule has 2 aromatic rings. The fraction of sp³-hybridized carbons (Fsp3) is 0.350. The van der Waals surface area contributed by atoms with E-state index in [4.69, 9.17) is 21.1 Å². The minimum absolute atomic E-state index is 0.219. The van der Waals surface area contributed by atoms with Gasteiger partial charge in [0.25, 0.3) is 5.91 Å². The smallest absolute Gasteiger partial charge is 0.410 e. The second-order valence-electron chi connectivity index (χ2n) is 6.23.